The van der Waals surface area contributed by atoms with E-state index in [0.29, 0.717) is 18.3 Å². The van der Waals surface area contributed by atoms with Gasteiger partial charge in [0.1, 0.15) is 11.9 Å². The van der Waals surface area contributed by atoms with Crippen molar-refractivity contribution in [3.63, 3.8) is 0 Å². The summed E-state index contributed by atoms with van der Waals surface area (Å²) >= 11 is 0. The molecule has 6 nitrogen and oxygen atoms in total. The molecule has 0 unspecified atom stereocenters. The van der Waals surface area contributed by atoms with E-state index in [1.807, 2.05) is 18.2 Å². The van der Waals surface area contributed by atoms with E-state index in [2.05, 4.69) is 27.2 Å². The van der Waals surface area contributed by atoms with E-state index in [0.717, 1.165) is 50.9 Å². The van der Waals surface area contributed by atoms with E-state index in [9.17, 15) is 4.79 Å². The van der Waals surface area contributed by atoms with Crippen LogP contribution in [0.25, 0.3) is 0 Å². The van der Waals surface area contributed by atoms with Crippen molar-refractivity contribution < 1.29 is 14.1 Å². The third kappa shape index (κ3) is 3.31. The first-order valence-corrected chi connectivity index (χ1v) is 9.40. The SMILES string of the molecule is CC(=O)C1(c2ccccc2)CCN(Cc2noc([C@H]3CCCO3)n2)CC1. The fourth-order valence-corrected chi connectivity index (χ4v) is 4.13. The van der Waals surface area contributed by atoms with Gasteiger partial charge in [0.05, 0.1) is 12.0 Å². The second-order valence-electron chi connectivity index (χ2n) is 7.33. The van der Waals surface area contributed by atoms with Crippen molar-refractivity contribution in [1.29, 1.82) is 0 Å². The first-order valence-electron chi connectivity index (χ1n) is 9.40. The number of nitrogens with zero attached hydrogens (tertiary/aromatic N) is 3. The number of carbonyl (C=O) groups excluding carboxylic acids is 1. The molecule has 0 amide bonds. The summed E-state index contributed by atoms with van der Waals surface area (Å²) in [5.41, 5.74) is 0.769. The number of ether oxygens (including phenoxy) is 1. The molecule has 6 heteroatoms. The Hall–Kier alpha value is -2.05. The summed E-state index contributed by atoms with van der Waals surface area (Å²) in [6.45, 7) is 4.83. The molecule has 1 aromatic heterocycles. The second kappa shape index (κ2) is 7.29. The maximum atomic E-state index is 12.5. The van der Waals surface area contributed by atoms with Crippen LogP contribution in [0, 0.1) is 0 Å². The molecule has 0 aliphatic carbocycles. The molecular formula is C20H25N3O3. The number of rotatable bonds is 5. The summed E-state index contributed by atoms with van der Waals surface area (Å²) in [4.78, 5) is 19.3. The van der Waals surface area contributed by atoms with Crippen molar-refractivity contribution in [1.82, 2.24) is 15.0 Å². The molecule has 0 bridgehead atoms. The van der Waals surface area contributed by atoms with Gasteiger partial charge in [0.25, 0.3) is 5.89 Å². The van der Waals surface area contributed by atoms with Crippen molar-refractivity contribution in [2.45, 2.75) is 50.7 Å². The summed E-state index contributed by atoms with van der Waals surface area (Å²) < 4.78 is 11.0. The van der Waals surface area contributed by atoms with Gasteiger partial charge in [0, 0.05) is 6.61 Å². The highest BCUT2D eigenvalue weighted by molar-refractivity contribution is 5.88. The summed E-state index contributed by atoms with van der Waals surface area (Å²) in [5, 5.41) is 4.11. The van der Waals surface area contributed by atoms with Gasteiger partial charge >= 0.3 is 0 Å². The molecular weight excluding hydrogens is 330 g/mol. The smallest absolute Gasteiger partial charge is 0.255 e. The number of benzene rings is 1. The van der Waals surface area contributed by atoms with E-state index in [4.69, 9.17) is 9.26 Å². The third-order valence-electron chi connectivity index (χ3n) is 5.76. The van der Waals surface area contributed by atoms with Crippen molar-refractivity contribution in [3.8, 4) is 0 Å². The van der Waals surface area contributed by atoms with Crippen LogP contribution in [0.1, 0.15) is 56.0 Å². The number of piperidine rings is 1. The predicted octanol–water partition coefficient (Wildman–Crippen LogP) is 3.04. The molecule has 0 radical (unpaired) electrons. The molecule has 1 atom stereocenters. The Morgan fingerprint density at radius 3 is 2.69 bits per heavy atom. The minimum absolute atomic E-state index is 0.0407. The third-order valence-corrected chi connectivity index (χ3v) is 5.76. The quantitative estimate of drug-likeness (QED) is 0.821. The summed E-state index contributed by atoms with van der Waals surface area (Å²) in [5.74, 6) is 1.55. The number of ketones is 1. The Labute approximate surface area is 153 Å². The molecule has 3 heterocycles. The van der Waals surface area contributed by atoms with Crippen molar-refractivity contribution in [3.05, 3.63) is 47.6 Å². The van der Waals surface area contributed by atoms with Gasteiger partial charge in [-0.05, 0) is 51.3 Å². The number of Topliss-reactive ketones (excluding diaryl/α,β-unsaturated/α-hetero) is 1. The van der Waals surface area contributed by atoms with Gasteiger partial charge < -0.3 is 9.26 Å². The summed E-state index contributed by atoms with van der Waals surface area (Å²) in [7, 11) is 0. The molecule has 138 valence electrons. The Morgan fingerprint density at radius 1 is 1.27 bits per heavy atom. The highest BCUT2D eigenvalue weighted by atomic mass is 16.5. The molecule has 0 spiro atoms. The first kappa shape index (κ1) is 17.4. The lowest BCUT2D eigenvalue weighted by Gasteiger charge is -2.40. The van der Waals surface area contributed by atoms with E-state index in [1.54, 1.807) is 6.92 Å². The molecule has 26 heavy (non-hydrogen) atoms. The number of hydrogen-bond acceptors (Lipinski definition) is 6. The Balaban J connectivity index is 1.41. The normalized spacial score (nSPS) is 23.2. The highest BCUT2D eigenvalue weighted by Crippen LogP contribution is 2.36. The average Bonchev–Trinajstić information content (AvgIpc) is 3.34. The van der Waals surface area contributed by atoms with Crippen molar-refractivity contribution >= 4 is 5.78 Å². The number of aromatic nitrogens is 2. The Morgan fingerprint density at radius 2 is 2.04 bits per heavy atom. The molecule has 2 aromatic rings. The molecule has 2 aliphatic rings. The maximum absolute atomic E-state index is 12.5. The molecule has 2 fully saturated rings. The maximum Gasteiger partial charge on any atom is 0.255 e. The van der Waals surface area contributed by atoms with Crippen LogP contribution in [0.5, 0.6) is 0 Å². The highest BCUT2D eigenvalue weighted by Gasteiger charge is 2.40. The summed E-state index contributed by atoms with van der Waals surface area (Å²) in [6, 6.07) is 10.2. The number of carbonyl (C=O) groups is 1. The van der Waals surface area contributed by atoms with E-state index in [1.165, 1.54) is 0 Å². The van der Waals surface area contributed by atoms with Crippen LogP contribution in [-0.2, 0) is 21.5 Å². The van der Waals surface area contributed by atoms with E-state index < -0.39 is 0 Å². The molecule has 2 aliphatic heterocycles. The number of likely N-dealkylation sites (tertiary alicyclic amines) is 1. The van der Waals surface area contributed by atoms with Crippen LogP contribution in [-0.4, -0.2) is 40.5 Å². The van der Waals surface area contributed by atoms with Gasteiger partial charge in [-0.25, -0.2) is 0 Å². The van der Waals surface area contributed by atoms with Crippen molar-refractivity contribution in [2.24, 2.45) is 0 Å². The van der Waals surface area contributed by atoms with Gasteiger partial charge in [0.15, 0.2) is 5.82 Å². The van der Waals surface area contributed by atoms with Gasteiger partial charge in [-0.3, -0.25) is 9.69 Å². The van der Waals surface area contributed by atoms with Gasteiger partial charge in [-0.2, -0.15) is 4.98 Å². The monoisotopic (exact) mass is 355 g/mol. The van der Waals surface area contributed by atoms with E-state index >= 15 is 0 Å². The molecule has 0 N–H and O–H groups in total. The van der Waals surface area contributed by atoms with Crippen LogP contribution >= 0.6 is 0 Å². The zero-order valence-electron chi connectivity index (χ0n) is 15.2. The first-order chi connectivity index (χ1) is 12.7. The van der Waals surface area contributed by atoms with Crippen LogP contribution in [0.3, 0.4) is 0 Å². The van der Waals surface area contributed by atoms with Crippen LogP contribution in [0.15, 0.2) is 34.9 Å². The lowest BCUT2D eigenvalue weighted by molar-refractivity contribution is -0.124. The zero-order chi connectivity index (χ0) is 18.0. The topological polar surface area (TPSA) is 68.5 Å². The Bertz CT molecular complexity index is 745. The lowest BCUT2D eigenvalue weighted by Crippen LogP contribution is -2.46. The number of hydrogen-bond donors (Lipinski definition) is 0. The largest absolute Gasteiger partial charge is 0.368 e. The van der Waals surface area contributed by atoms with Gasteiger partial charge in [0.2, 0.25) is 0 Å². The average molecular weight is 355 g/mol. The van der Waals surface area contributed by atoms with Crippen LogP contribution < -0.4 is 0 Å². The minimum atomic E-state index is -0.363. The summed E-state index contributed by atoms with van der Waals surface area (Å²) in [6.07, 6.45) is 3.59. The minimum Gasteiger partial charge on any atom is -0.368 e. The Kier molecular flexibility index (Phi) is 4.87. The standard InChI is InChI=1S/C20H25N3O3/c1-15(24)20(16-6-3-2-4-7-16)9-11-23(12-10-20)14-18-21-19(26-22-18)17-8-5-13-25-17/h2-4,6-7,17H,5,8-14H2,1H3/t17-/m1/s1. The fourth-order valence-electron chi connectivity index (χ4n) is 4.13. The second-order valence-corrected chi connectivity index (χ2v) is 7.33. The van der Waals surface area contributed by atoms with Crippen molar-refractivity contribution in [2.75, 3.05) is 19.7 Å². The molecule has 1 aromatic carbocycles. The molecule has 0 saturated carbocycles. The van der Waals surface area contributed by atoms with Crippen LogP contribution in [0.4, 0.5) is 0 Å². The zero-order valence-corrected chi connectivity index (χ0v) is 15.2. The lowest BCUT2D eigenvalue weighted by atomic mass is 9.70. The molecule has 2 saturated heterocycles. The fraction of sp³-hybridized carbons (Fsp3) is 0.550. The van der Waals surface area contributed by atoms with E-state index in [-0.39, 0.29) is 17.3 Å². The van der Waals surface area contributed by atoms with Gasteiger partial charge in [-0.15, -0.1) is 0 Å². The van der Waals surface area contributed by atoms with Crippen LogP contribution in [0.2, 0.25) is 0 Å². The van der Waals surface area contributed by atoms with Gasteiger partial charge in [-0.1, -0.05) is 35.5 Å². The molecule has 4 rings (SSSR count). The predicted molar refractivity (Wildman–Crippen MR) is 95.5 cm³/mol.